The minimum absolute atomic E-state index is 0.00664. The molecule has 0 heterocycles. The average Bonchev–Trinajstić information content (AvgIpc) is 3.17. The van der Waals surface area contributed by atoms with E-state index in [9.17, 15) is 19.2 Å². The van der Waals surface area contributed by atoms with Crippen molar-refractivity contribution in [3.05, 3.63) is 35.9 Å². The Labute approximate surface area is 351 Å². The van der Waals surface area contributed by atoms with Gasteiger partial charge in [-0.2, -0.15) is 0 Å². The maximum absolute atomic E-state index is 14.8. The first-order valence-electron chi connectivity index (χ1n) is 23.1. The first kappa shape index (κ1) is 43.4. The summed E-state index contributed by atoms with van der Waals surface area (Å²) < 4.78 is 0. The number of hydrogen-bond donors (Lipinski definition) is 8. The highest BCUT2D eigenvalue weighted by Crippen LogP contribution is 2.62. The van der Waals surface area contributed by atoms with Crippen LogP contribution in [0, 0.1) is 51.7 Å². The van der Waals surface area contributed by atoms with Gasteiger partial charge in [-0.1, -0.05) is 36.8 Å². The van der Waals surface area contributed by atoms with Crippen LogP contribution in [-0.4, -0.2) is 85.3 Å². The molecule has 13 heteroatoms. The third-order valence-electron chi connectivity index (χ3n) is 15.2. The number of nitrogens with one attached hydrogen (secondary N) is 5. The molecule has 0 aliphatic heterocycles. The van der Waals surface area contributed by atoms with Gasteiger partial charge in [-0.15, -0.1) is 0 Å². The minimum atomic E-state index is -0.908. The van der Waals surface area contributed by atoms with Crippen LogP contribution in [0.1, 0.15) is 121 Å². The number of hydrogen-bond acceptors (Lipinski definition) is 7. The van der Waals surface area contributed by atoms with Crippen molar-refractivity contribution in [3.63, 3.8) is 0 Å². The van der Waals surface area contributed by atoms with Crippen molar-refractivity contribution in [1.82, 2.24) is 26.2 Å². The van der Waals surface area contributed by atoms with E-state index in [1.54, 1.807) is 4.90 Å². The topological polar surface area (TPSA) is 222 Å². The summed E-state index contributed by atoms with van der Waals surface area (Å²) in [7, 11) is 0. The molecule has 8 saturated carbocycles. The first-order valence-corrected chi connectivity index (χ1v) is 23.1. The van der Waals surface area contributed by atoms with Gasteiger partial charge >= 0.3 is 0 Å². The van der Waals surface area contributed by atoms with Crippen LogP contribution < -0.4 is 38.5 Å². The summed E-state index contributed by atoms with van der Waals surface area (Å²) in [5, 5.41) is 19.8. The molecule has 59 heavy (non-hydrogen) atoms. The fourth-order valence-corrected chi connectivity index (χ4v) is 13.6. The van der Waals surface area contributed by atoms with E-state index in [4.69, 9.17) is 22.6 Å². The second-order valence-electron chi connectivity index (χ2n) is 20.4. The lowest BCUT2D eigenvalue weighted by Gasteiger charge is -2.57. The summed E-state index contributed by atoms with van der Waals surface area (Å²) in [5.41, 5.74) is 18.6. The molecule has 8 fully saturated rings. The summed E-state index contributed by atoms with van der Waals surface area (Å²) in [4.78, 5) is 58.2. The fourth-order valence-electron chi connectivity index (χ4n) is 13.6. The van der Waals surface area contributed by atoms with Crippen molar-refractivity contribution < 1.29 is 19.2 Å². The molecule has 326 valence electrons. The van der Waals surface area contributed by atoms with E-state index in [2.05, 4.69) is 21.3 Å². The van der Waals surface area contributed by atoms with Gasteiger partial charge in [0.1, 0.15) is 6.04 Å². The van der Waals surface area contributed by atoms with Crippen molar-refractivity contribution in [2.75, 3.05) is 32.7 Å². The van der Waals surface area contributed by atoms with E-state index < -0.39 is 24.0 Å². The highest BCUT2D eigenvalue weighted by atomic mass is 16.2. The third-order valence-corrected chi connectivity index (χ3v) is 15.2. The number of amides is 4. The number of nitrogens with zero attached hydrogens (tertiary/aromatic N) is 1. The molecule has 0 spiro atoms. The Bertz CT molecular complexity index is 1570. The molecule has 1 aromatic rings. The molecule has 9 rings (SSSR count). The first-order chi connectivity index (χ1) is 28.4. The van der Waals surface area contributed by atoms with Crippen LogP contribution >= 0.6 is 0 Å². The molecule has 8 aliphatic rings. The Morgan fingerprint density at radius 2 is 1.32 bits per heavy atom. The Kier molecular flexibility index (Phi) is 14.2. The van der Waals surface area contributed by atoms with Crippen molar-refractivity contribution >= 4 is 29.6 Å². The lowest BCUT2D eigenvalue weighted by atomic mass is 9.49. The zero-order chi connectivity index (χ0) is 41.6. The Morgan fingerprint density at radius 1 is 0.746 bits per heavy atom. The van der Waals surface area contributed by atoms with E-state index in [-0.39, 0.29) is 54.0 Å². The number of carbonyl (C=O) groups excluding carboxylic acids is 4. The lowest BCUT2D eigenvalue weighted by molar-refractivity contribution is -0.143. The number of nitrogens with two attached hydrogens (primary N) is 3. The minimum Gasteiger partial charge on any atom is -0.370 e. The zero-order valence-corrected chi connectivity index (χ0v) is 35.4. The second kappa shape index (κ2) is 19.3. The summed E-state index contributed by atoms with van der Waals surface area (Å²) in [6.07, 6.45) is 18.3. The molecule has 13 nitrogen and oxygen atoms in total. The summed E-state index contributed by atoms with van der Waals surface area (Å²) in [6, 6.07) is 7.64. The van der Waals surface area contributed by atoms with Crippen molar-refractivity contribution in [2.24, 2.45) is 63.5 Å². The number of rotatable bonds is 22. The van der Waals surface area contributed by atoms with Crippen LogP contribution in [0.25, 0.3) is 0 Å². The van der Waals surface area contributed by atoms with E-state index in [1.807, 2.05) is 30.3 Å². The molecular formula is C46H73N9O4. The highest BCUT2D eigenvalue weighted by Gasteiger charge is 2.53. The molecule has 8 bridgehead atoms. The lowest BCUT2D eigenvalue weighted by Crippen LogP contribution is -2.57. The molecule has 11 N–H and O–H groups in total. The predicted octanol–water partition coefficient (Wildman–Crippen LogP) is 3.69. The third kappa shape index (κ3) is 11.6. The van der Waals surface area contributed by atoms with Crippen molar-refractivity contribution in [3.8, 4) is 0 Å². The normalized spacial score (nSPS) is 31.2. The molecule has 0 aromatic heterocycles. The molecule has 0 saturated heterocycles. The van der Waals surface area contributed by atoms with Gasteiger partial charge in [0.05, 0.1) is 18.6 Å². The molecule has 4 amide bonds. The maximum atomic E-state index is 14.8. The number of carbonyl (C=O) groups is 4. The molecule has 1 aromatic carbocycles. The van der Waals surface area contributed by atoms with Crippen LogP contribution in [0.15, 0.2) is 30.3 Å². The Hall–Kier alpha value is -3.71. The molecule has 0 unspecified atom stereocenters. The van der Waals surface area contributed by atoms with Gasteiger partial charge in [-0.3, -0.25) is 24.6 Å². The number of guanidine groups is 1. The van der Waals surface area contributed by atoms with Gasteiger partial charge in [-0.25, -0.2) is 0 Å². The van der Waals surface area contributed by atoms with Crippen molar-refractivity contribution in [2.45, 2.75) is 140 Å². The van der Waals surface area contributed by atoms with Crippen LogP contribution in [0.3, 0.4) is 0 Å². The predicted molar refractivity (Wildman–Crippen MR) is 229 cm³/mol. The molecule has 8 aliphatic carbocycles. The van der Waals surface area contributed by atoms with Gasteiger partial charge in [0.15, 0.2) is 5.96 Å². The fraction of sp³-hybridized carbons (Fsp3) is 0.761. The molecular weight excluding hydrogens is 743 g/mol. The Balaban J connectivity index is 1.08. The van der Waals surface area contributed by atoms with Crippen LogP contribution in [0.5, 0.6) is 0 Å². The van der Waals surface area contributed by atoms with Gasteiger partial charge in [0, 0.05) is 26.1 Å². The van der Waals surface area contributed by atoms with E-state index in [0.717, 1.165) is 49.0 Å². The number of unbranched alkanes of at least 4 members (excludes halogenated alkanes) is 1. The maximum Gasteiger partial charge on any atom is 0.242 e. The van der Waals surface area contributed by atoms with E-state index in [1.165, 1.54) is 57.8 Å². The zero-order valence-electron chi connectivity index (χ0n) is 35.4. The van der Waals surface area contributed by atoms with Gasteiger partial charge in [0.25, 0.3) is 0 Å². The van der Waals surface area contributed by atoms with Crippen LogP contribution in [0.2, 0.25) is 0 Å². The highest BCUT2D eigenvalue weighted by molar-refractivity contribution is 5.90. The van der Waals surface area contributed by atoms with Gasteiger partial charge in [0.2, 0.25) is 23.6 Å². The standard InChI is InChI=1S/C46H73N9O4/c47-11-5-4-9-38(48)42(58)54-39(10-6-12-51-44(49)50)43(59)53-37(19-30-7-2-1-3-8-30)27-55(41(57)26-45-20-31-13-32(21-45)15-33(14-31)22-45)28-40(56)52-29-46-23-34-16-35(24-46)18-36(17-34)25-46/h1-3,7-8,31-39H,4-6,9-29,47-48H2,(H,52,56)(H,53,59)(H,54,58)(H4,49,50,51)/t31?,32?,33?,34?,35?,36?,37-,38-,39-,45?,46?/m0/s1. The summed E-state index contributed by atoms with van der Waals surface area (Å²) in [6.45, 7) is 1.66. The van der Waals surface area contributed by atoms with E-state index in [0.29, 0.717) is 69.5 Å². The smallest absolute Gasteiger partial charge is 0.242 e. The summed E-state index contributed by atoms with van der Waals surface area (Å²) in [5.74, 6) is 3.34. The molecule has 3 atom stereocenters. The SMILES string of the molecule is N=C(N)NCCC[C@H](NC(=O)[C@@H](N)CCCCN)C(=O)N[C@@H](Cc1ccccc1)CN(CC(=O)NCC12CC3CC(CC(C3)C1)C2)C(=O)CC12CC3CC(CC(C3)C1)C2. The second-order valence-corrected chi connectivity index (χ2v) is 20.4. The largest absolute Gasteiger partial charge is 0.370 e. The quantitative estimate of drug-likeness (QED) is 0.0489. The monoisotopic (exact) mass is 816 g/mol. The summed E-state index contributed by atoms with van der Waals surface area (Å²) >= 11 is 0. The van der Waals surface area contributed by atoms with E-state index >= 15 is 0 Å². The van der Waals surface area contributed by atoms with Crippen LogP contribution in [0.4, 0.5) is 0 Å². The average molecular weight is 816 g/mol. The molecule has 0 radical (unpaired) electrons. The van der Waals surface area contributed by atoms with Gasteiger partial charge in [-0.05, 0) is 168 Å². The Morgan fingerprint density at radius 3 is 1.88 bits per heavy atom. The van der Waals surface area contributed by atoms with Gasteiger partial charge < -0.3 is 43.4 Å². The van der Waals surface area contributed by atoms with Crippen LogP contribution in [-0.2, 0) is 25.6 Å². The number of benzene rings is 1. The van der Waals surface area contributed by atoms with Crippen molar-refractivity contribution in [1.29, 1.82) is 5.41 Å².